The summed E-state index contributed by atoms with van der Waals surface area (Å²) in [6.07, 6.45) is 1.75. The number of hydrogen-bond acceptors (Lipinski definition) is 2. The van der Waals surface area contributed by atoms with Crippen molar-refractivity contribution in [2.45, 2.75) is 6.54 Å². The third kappa shape index (κ3) is 2.63. The molecule has 1 aliphatic rings. The molecule has 0 bridgehead atoms. The molecule has 1 aliphatic heterocycles. The van der Waals surface area contributed by atoms with E-state index in [0.29, 0.717) is 0 Å². The van der Waals surface area contributed by atoms with Crippen molar-refractivity contribution in [2.75, 3.05) is 25.4 Å². The third-order valence-electron chi connectivity index (χ3n) is 2.58. The van der Waals surface area contributed by atoms with Gasteiger partial charge in [-0.15, -0.1) is 0 Å². The summed E-state index contributed by atoms with van der Waals surface area (Å²) >= 11 is 0. The second-order valence-electron chi connectivity index (χ2n) is 3.69. The summed E-state index contributed by atoms with van der Waals surface area (Å²) in [6, 6.07) is 10.5. The highest BCUT2D eigenvalue weighted by Crippen LogP contribution is 2.24. The van der Waals surface area contributed by atoms with Gasteiger partial charge in [0.1, 0.15) is 0 Å². The van der Waals surface area contributed by atoms with Crippen LogP contribution in [0.2, 0.25) is 0 Å². The molecule has 1 saturated heterocycles. The second-order valence-corrected chi connectivity index (χ2v) is 5.55. The Bertz CT molecular complexity index is 302. The van der Waals surface area contributed by atoms with Crippen LogP contribution in [0.4, 0.5) is 0 Å². The molecule has 0 aliphatic carbocycles. The first-order chi connectivity index (χ1) is 6.84. The van der Waals surface area contributed by atoms with Crippen LogP contribution in [0.1, 0.15) is 5.56 Å². The zero-order chi connectivity index (χ0) is 9.80. The lowest BCUT2D eigenvalue weighted by Crippen LogP contribution is -2.31. The molecule has 75 valence electrons. The summed E-state index contributed by atoms with van der Waals surface area (Å²) in [5.74, 6) is 0. The van der Waals surface area contributed by atoms with E-state index in [1.54, 1.807) is 0 Å². The highest BCUT2D eigenvalue weighted by atomic mass is 31.1. The van der Waals surface area contributed by atoms with Gasteiger partial charge in [0.2, 0.25) is 0 Å². The van der Waals surface area contributed by atoms with Gasteiger partial charge in [-0.2, -0.15) is 0 Å². The molecule has 1 aromatic rings. The molecular formula is C11H15NOP. The van der Waals surface area contributed by atoms with Gasteiger partial charge >= 0.3 is 0 Å². The molecule has 1 aromatic carbocycles. The maximum absolute atomic E-state index is 11.2. The van der Waals surface area contributed by atoms with Crippen LogP contribution in [0, 0.1) is 0 Å². The van der Waals surface area contributed by atoms with Crippen molar-refractivity contribution in [2.24, 2.45) is 0 Å². The van der Waals surface area contributed by atoms with Gasteiger partial charge in [0.25, 0.3) is 0 Å². The average molecular weight is 208 g/mol. The van der Waals surface area contributed by atoms with Crippen molar-refractivity contribution < 1.29 is 4.57 Å². The third-order valence-corrected chi connectivity index (χ3v) is 3.98. The normalized spacial score (nSPS) is 18.4. The van der Waals surface area contributed by atoms with Crippen molar-refractivity contribution in [1.82, 2.24) is 4.90 Å². The van der Waals surface area contributed by atoms with Crippen LogP contribution in [0.25, 0.3) is 0 Å². The predicted molar refractivity (Wildman–Crippen MR) is 59.1 cm³/mol. The topological polar surface area (TPSA) is 20.3 Å². The van der Waals surface area contributed by atoms with Crippen LogP contribution in [0.3, 0.4) is 0 Å². The fourth-order valence-electron chi connectivity index (χ4n) is 1.73. The average Bonchev–Trinajstić information content (AvgIpc) is 2.23. The Labute approximate surface area is 85.7 Å². The van der Waals surface area contributed by atoms with Crippen molar-refractivity contribution in [3.63, 3.8) is 0 Å². The summed E-state index contributed by atoms with van der Waals surface area (Å²) < 4.78 is 11.2. The molecule has 0 spiro atoms. The Kier molecular flexibility index (Phi) is 3.28. The Morgan fingerprint density at radius 1 is 1.14 bits per heavy atom. The molecule has 0 unspecified atom stereocenters. The molecule has 0 aromatic heterocycles. The van der Waals surface area contributed by atoms with Crippen LogP contribution in [-0.4, -0.2) is 30.3 Å². The highest BCUT2D eigenvalue weighted by molar-refractivity contribution is 7.44. The Hall–Kier alpha value is -0.720. The van der Waals surface area contributed by atoms with Gasteiger partial charge in [0.05, 0.1) is 7.80 Å². The highest BCUT2D eigenvalue weighted by Gasteiger charge is 2.14. The maximum Gasteiger partial charge on any atom is 0.0744 e. The molecule has 14 heavy (non-hydrogen) atoms. The molecule has 0 N–H and O–H groups in total. The number of benzene rings is 1. The summed E-state index contributed by atoms with van der Waals surface area (Å²) in [7, 11) is -0.885. The summed E-state index contributed by atoms with van der Waals surface area (Å²) in [5, 5.41) is 0. The van der Waals surface area contributed by atoms with Crippen molar-refractivity contribution in [3.05, 3.63) is 35.9 Å². The van der Waals surface area contributed by atoms with E-state index in [9.17, 15) is 4.57 Å². The fourth-order valence-corrected chi connectivity index (χ4v) is 2.96. The fraction of sp³-hybridized carbons (Fsp3) is 0.455. The SMILES string of the molecule is O=[P]1CCN(Cc2ccccc2)CC1. The molecule has 0 atom stereocenters. The minimum Gasteiger partial charge on any atom is -0.298 e. The molecular weight excluding hydrogens is 193 g/mol. The molecule has 1 fully saturated rings. The smallest absolute Gasteiger partial charge is 0.0744 e. The van der Waals surface area contributed by atoms with Gasteiger partial charge in [0.15, 0.2) is 0 Å². The largest absolute Gasteiger partial charge is 0.298 e. The van der Waals surface area contributed by atoms with Crippen molar-refractivity contribution in [3.8, 4) is 0 Å². The first-order valence-electron chi connectivity index (χ1n) is 5.03. The van der Waals surface area contributed by atoms with Gasteiger partial charge in [-0.3, -0.25) is 9.46 Å². The van der Waals surface area contributed by atoms with Gasteiger partial charge in [-0.25, -0.2) is 0 Å². The predicted octanol–water partition coefficient (Wildman–Crippen LogP) is 2.33. The number of hydrogen-bond donors (Lipinski definition) is 0. The lowest BCUT2D eigenvalue weighted by Gasteiger charge is -2.25. The molecule has 2 nitrogen and oxygen atoms in total. The summed E-state index contributed by atoms with van der Waals surface area (Å²) in [5.41, 5.74) is 1.35. The summed E-state index contributed by atoms with van der Waals surface area (Å²) in [6.45, 7) is 2.98. The lowest BCUT2D eigenvalue weighted by atomic mass is 10.2. The maximum atomic E-state index is 11.2. The Morgan fingerprint density at radius 3 is 2.43 bits per heavy atom. The van der Waals surface area contributed by atoms with E-state index in [-0.39, 0.29) is 0 Å². The minimum atomic E-state index is -0.885. The molecule has 1 heterocycles. The monoisotopic (exact) mass is 208 g/mol. The van der Waals surface area contributed by atoms with E-state index in [0.717, 1.165) is 32.0 Å². The van der Waals surface area contributed by atoms with Gasteiger partial charge in [0, 0.05) is 32.0 Å². The van der Waals surface area contributed by atoms with Crippen LogP contribution in [-0.2, 0) is 11.1 Å². The Balaban J connectivity index is 1.89. The van der Waals surface area contributed by atoms with Crippen LogP contribution >= 0.6 is 7.80 Å². The lowest BCUT2D eigenvalue weighted by molar-refractivity contribution is 0.289. The second kappa shape index (κ2) is 4.68. The Morgan fingerprint density at radius 2 is 1.79 bits per heavy atom. The zero-order valence-corrected chi connectivity index (χ0v) is 9.12. The van der Waals surface area contributed by atoms with E-state index >= 15 is 0 Å². The van der Waals surface area contributed by atoms with E-state index in [1.165, 1.54) is 5.56 Å². The van der Waals surface area contributed by atoms with Crippen molar-refractivity contribution in [1.29, 1.82) is 0 Å². The molecule has 0 saturated carbocycles. The van der Waals surface area contributed by atoms with Crippen LogP contribution < -0.4 is 0 Å². The molecule has 1 radical (unpaired) electrons. The van der Waals surface area contributed by atoms with E-state index in [2.05, 4.69) is 29.2 Å². The van der Waals surface area contributed by atoms with Crippen LogP contribution in [0.15, 0.2) is 30.3 Å². The van der Waals surface area contributed by atoms with E-state index in [4.69, 9.17) is 0 Å². The number of nitrogens with zero attached hydrogens (tertiary/aromatic N) is 1. The first kappa shape index (κ1) is 9.82. The van der Waals surface area contributed by atoms with E-state index < -0.39 is 7.80 Å². The van der Waals surface area contributed by atoms with Crippen molar-refractivity contribution >= 4 is 7.80 Å². The van der Waals surface area contributed by atoms with Gasteiger partial charge in [-0.05, 0) is 5.56 Å². The first-order valence-corrected chi connectivity index (χ1v) is 6.66. The molecule has 3 heteroatoms. The zero-order valence-electron chi connectivity index (χ0n) is 8.22. The standard InChI is InChI=1S/C11H15NOP/c13-14-8-6-12(7-9-14)10-11-4-2-1-3-5-11/h1-5H,6-10H2. The van der Waals surface area contributed by atoms with E-state index in [1.807, 2.05) is 6.07 Å². The molecule has 0 amide bonds. The quantitative estimate of drug-likeness (QED) is 0.695. The number of rotatable bonds is 2. The summed E-state index contributed by atoms with van der Waals surface area (Å²) in [4.78, 5) is 2.38. The van der Waals surface area contributed by atoms with Gasteiger partial charge < -0.3 is 0 Å². The molecule has 2 rings (SSSR count). The minimum absolute atomic E-state index is 0.877. The van der Waals surface area contributed by atoms with Crippen LogP contribution in [0.5, 0.6) is 0 Å². The van der Waals surface area contributed by atoms with Gasteiger partial charge in [-0.1, -0.05) is 30.3 Å².